The second-order valence-corrected chi connectivity index (χ2v) is 5.63. The number of halogens is 1. The van der Waals surface area contributed by atoms with Crippen molar-refractivity contribution in [1.29, 1.82) is 0 Å². The van der Waals surface area contributed by atoms with E-state index < -0.39 is 0 Å². The van der Waals surface area contributed by atoms with Crippen LogP contribution in [0.1, 0.15) is 16.8 Å². The van der Waals surface area contributed by atoms with Gasteiger partial charge in [0.2, 0.25) is 5.91 Å². The lowest BCUT2D eigenvalue weighted by Crippen LogP contribution is -2.23. The Bertz CT molecular complexity index is 881. The number of carbonyl (C=O) groups is 1. The highest BCUT2D eigenvalue weighted by molar-refractivity contribution is 5.91. The van der Waals surface area contributed by atoms with E-state index in [2.05, 4.69) is 10.3 Å². The molecule has 0 atom stereocenters. The third-order valence-electron chi connectivity index (χ3n) is 3.63. The van der Waals surface area contributed by atoms with Crippen LogP contribution in [0.3, 0.4) is 0 Å². The second kappa shape index (κ2) is 7.08. The smallest absolute Gasteiger partial charge is 0.244 e. The predicted molar refractivity (Wildman–Crippen MR) is 92.1 cm³/mol. The number of hydrogen-bond donors (Lipinski definition) is 1. The van der Waals surface area contributed by atoms with Crippen LogP contribution in [0.15, 0.2) is 54.9 Å². The van der Waals surface area contributed by atoms with Crippen molar-refractivity contribution < 1.29 is 9.18 Å². The van der Waals surface area contributed by atoms with E-state index in [0.29, 0.717) is 13.0 Å². The highest BCUT2D eigenvalue weighted by atomic mass is 19.1. The molecule has 2 aromatic heterocycles. The van der Waals surface area contributed by atoms with E-state index in [4.69, 9.17) is 0 Å². The molecule has 1 amide bonds. The molecule has 0 saturated heterocycles. The molecule has 0 bridgehead atoms. The minimum Gasteiger partial charge on any atom is -0.352 e. The van der Waals surface area contributed by atoms with E-state index in [1.165, 1.54) is 23.8 Å². The van der Waals surface area contributed by atoms with Gasteiger partial charge in [0.25, 0.3) is 0 Å². The van der Waals surface area contributed by atoms with Crippen LogP contribution < -0.4 is 5.32 Å². The van der Waals surface area contributed by atoms with Crippen LogP contribution in [0.5, 0.6) is 0 Å². The lowest BCUT2D eigenvalue weighted by Gasteiger charge is -1.99. The number of nitrogens with one attached hydrogen (secondary N) is 1. The Labute approximate surface area is 139 Å². The van der Waals surface area contributed by atoms with Gasteiger partial charge < -0.3 is 9.72 Å². The number of aryl methyl sites for hydroxylation is 1. The quantitative estimate of drug-likeness (QED) is 0.733. The summed E-state index contributed by atoms with van der Waals surface area (Å²) in [5, 5.41) is 2.82. The van der Waals surface area contributed by atoms with Crippen LogP contribution in [0.25, 0.3) is 11.7 Å². The van der Waals surface area contributed by atoms with Crippen LogP contribution in [-0.2, 0) is 11.2 Å². The van der Waals surface area contributed by atoms with Crippen LogP contribution in [0, 0.1) is 12.7 Å². The van der Waals surface area contributed by atoms with Crippen molar-refractivity contribution in [1.82, 2.24) is 14.7 Å². The molecule has 0 aliphatic rings. The zero-order chi connectivity index (χ0) is 16.9. The molecule has 3 aromatic rings. The van der Waals surface area contributed by atoms with Gasteiger partial charge in [-0.2, -0.15) is 0 Å². The van der Waals surface area contributed by atoms with E-state index in [1.807, 2.05) is 35.9 Å². The third kappa shape index (κ3) is 4.07. The van der Waals surface area contributed by atoms with Crippen molar-refractivity contribution in [2.45, 2.75) is 13.3 Å². The molecule has 4 nitrogen and oxygen atoms in total. The Morgan fingerprint density at radius 2 is 2.00 bits per heavy atom. The van der Waals surface area contributed by atoms with Crippen molar-refractivity contribution in [2.75, 3.05) is 6.54 Å². The van der Waals surface area contributed by atoms with Crippen molar-refractivity contribution in [3.63, 3.8) is 0 Å². The first-order chi connectivity index (χ1) is 11.6. The first-order valence-corrected chi connectivity index (χ1v) is 7.76. The number of fused-ring (bicyclic) bond motifs is 1. The van der Waals surface area contributed by atoms with Gasteiger partial charge in [0.05, 0.1) is 5.69 Å². The Hall–Kier alpha value is -2.95. The summed E-state index contributed by atoms with van der Waals surface area (Å²) in [6.07, 6.45) is 7.76. The van der Waals surface area contributed by atoms with Crippen molar-refractivity contribution in [3.8, 4) is 0 Å². The second-order valence-electron chi connectivity index (χ2n) is 5.63. The number of benzene rings is 1. The number of pyridine rings is 1. The summed E-state index contributed by atoms with van der Waals surface area (Å²) in [5.41, 5.74) is 3.79. The standard InChI is InChI=1S/C19H18FN3O/c1-14-2-8-18-22-17(13-23(18)12-14)10-11-21-19(24)9-5-15-3-6-16(20)7-4-15/h2-9,12-13H,10-11H2,1H3,(H,21,24)/b9-5+. The average Bonchev–Trinajstić information content (AvgIpc) is 2.96. The van der Waals surface area contributed by atoms with Crippen LogP contribution in [0.2, 0.25) is 0 Å². The third-order valence-corrected chi connectivity index (χ3v) is 3.63. The fraction of sp³-hybridized carbons (Fsp3) is 0.158. The summed E-state index contributed by atoms with van der Waals surface area (Å²) in [6.45, 7) is 2.54. The highest BCUT2D eigenvalue weighted by Crippen LogP contribution is 2.07. The molecule has 0 aliphatic heterocycles. The van der Waals surface area contributed by atoms with Gasteiger partial charge in [-0.1, -0.05) is 18.2 Å². The molecule has 3 rings (SSSR count). The Morgan fingerprint density at radius 1 is 1.21 bits per heavy atom. The van der Waals surface area contributed by atoms with E-state index in [1.54, 1.807) is 18.2 Å². The number of nitrogens with zero attached hydrogens (tertiary/aromatic N) is 2. The fourth-order valence-electron chi connectivity index (χ4n) is 2.39. The van der Waals surface area contributed by atoms with Gasteiger partial charge in [-0.3, -0.25) is 4.79 Å². The molecule has 0 saturated carbocycles. The molecule has 122 valence electrons. The Balaban J connectivity index is 1.51. The normalized spacial score (nSPS) is 11.2. The zero-order valence-corrected chi connectivity index (χ0v) is 13.4. The van der Waals surface area contributed by atoms with Gasteiger partial charge in [0.15, 0.2) is 0 Å². The minimum atomic E-state index is -0.292. The number of aromatic nitrogens is 2. The van der Waals surface area contributed by atoms with Gasteiger partial charge in [-0.05, 0) is 42.3 Å². The number of hydrogen-bond acceptors (Lipinski definition) is 2. The largest absolute Gasteiger partial charge is 0.352 e. The predicted octanol–water partition coefficient (Wildman–Crippen LogP) is 3.15. The van der Waals surface area contributed by atoms with Gasteiger partial charge >= 0.3 is 0 Å². The molecule has 0 unspecified atom stereocenters. The van der Waals surface area contributed by atoms with Gasteiger partial charge in [0, 0.05) is 31.4 Å². The summed E-state index contributed by atoms with van der Waals surface area (Å²) in [7, 11) is 0. The van der Waals surface area contributed by atoms with Gasteiger partial charge in [-0.15, -0.1) is 0 Å². The maximum absolute atomic E-state index is 12.8. The molecule has 0 fully saturated rings. The Morgan fingerprint density at radius 3 is 2.79 bits per heavy atom. The minimum absolute atomic E-state index is 0.182. The van der Waals surface area contributed by atoms with Crippen LogP contribution in [-0.4, -0.2) is 21.8 Å². The molecule has 2 heterocycles. The lowest BCUT2D eigenvalue weighted by molar-refractivity contribution is -0.116. The molecule has 0 spiro atoms. The van der Waals surface area contributed by atoms with E-state index in [9.17, 15) is 9.18 Å². The average molecular weight is 323 g/mol. The van der Waals surface area contributed by atoms with Crippen LogP contribution in [0.4, 0.5) is 4.39 Å². The fourth-order valence-corrected chi connectivity index (χ4v) is 2.39. The van der Waals surface area contributed by atoms with Crippen molar-refractivity contribution >= 4 is 17.6 Å². The Kier molecular flexibility index (Phi) is 4.70. The lowest BCUT2D eigenvalue weighted by atomic mass is 10.2. The SMILES string of the molecule is Cc1ccc2nc(CCNC(=O)/C=C/c3ccc(F)cc3)cn2c1. The van der Waals surface area contributed by atoms with E-state index in [-0.39, 0.29) is 11.7 Å². The zero-order valence-electron chi connectivity index (χ0n) is 13.4. The number of carbonyl (C=O) groups excluding carboxylic acids is 1. The summed E-state index contributed by atoms with van der Waals surface area (Å²) in [4.78, 5) is 16.3. The molecule has 1 N–H and O–H groups in total. The molecule has 0 radical (unpaired) electrons. The van der Waals surface area contributed by atoms with Crippen molar-refractivity contribution in [2.24, 2.45) is 0 Å². The number of imidazole rings is 1. The van der Waals surface area contributed by atoms with Crippen LogP contribution >= 0.6 is 0 Å². The summed E-state index contributed by atoms with van der Waals surface area (Å²) >= 11 is 0. The summed E-state index contributed by atoms with van der Waals surface area (Å²) in [5.74, 6) is -0.474. The van der Waals surface area contributed by atoms with Gasteiger partial charge in [0.1, 0.15) is 11.5 Å². The maximum Gasteiger partial charge on any atom is 0.244 e. The summed E-state index contributed by atoms with van der Waals surface area (Å²) < 4.78 is 14.8. The van der Waals surface area contributed by atoms with E-state index in [0.717, 1.165) is 16.9 Å². The first-order valence-electron chi connectivity index (χ1n) is 7.76. The first kappa shape index (κ1) is 15.9. The highest BCUT2D eigenvalue weighted by Gasteiger charge is 2.02. The van der Waals surface area contributed by atoms with Crippen molar-refractivity contribution in [3.05, 3.63) is 77.5 Å². The maximum atomic E-state index is 12.8. The number of rotatable bonds is 5. The molecule has 5 heteroatoms. The monoisotopic (exact) mass is 323 g/mol. The van der Waals surface area contributed by atoms with E-state index >= 15 is 0 Å². The molecular formula is C19H18FN3O. The topological polar surface area (TPSA) is 46.4 Å². The molecule has 24 heavy (non-hydrogen) atoms. The molecule has 1 aromatic carbocycles. The van der Waals surface area contributed by atoms with Gasteiger partial charge in [-0.25, -0.2) is 9.37 Å². The molecular weight excluding hydrogens is 305 g/mol. The summed E-state index contributed by atoms with van der Waals surface area (Å²) in [6, 6.07) is 9.97. The molecule has 0 aliphatic carbocycles. The number of amides is 1.